The first-order chi connectivity index (χ1) is 17.8. The lowest BCUT2D eigenvalue weighted by Gasteiger charge is -2.49. The third kappa shape index (κ3) is 5.10. The molecule has 0 saturated carbocycles. The number of ether oxygens (including phenoxy) is 9. The summed E-state index contributed by atoms with van der Waals surface area (Å²) in [7, 11) is 0. The molecule has 0 aliphatic carbocycles. The summed E-state index contributed by atoms with van der Waals surface area (Å²) in [6.07, 6.45) is 0.429. The smallest absolute Gasteiger partial charge is 0.187 e. The van der Waals surface area contributed by atoms with Gasteiger partial charge in [0.2, 0.25) is 0 Å². The average Bonchev–Trinajstić information content (AvgIpc) is 3.60. The SMILES string of the molecule is CCCCOC1C(OCCCC)[C@@H]2OC(c3ccccc3)OCC2O[C@H]1OC1C2O[C@H]2C2OC[C@H]1O2. The second-order valence-electron chi connectivity index (χ2n) is 10.1. The molecule has 1 aromatic carbocycles. The average molecular weight is 507 g/mol. The Morgan fingerprint density at radius 2 is 1.47 bits per heavy atom. The quantitative estimate of drug-likeness (QED) is 0.332. The number of unbranched alkanes of at least 4 members (excludes halogenated alkanes) is 2. The Bertz CT molecular complexity index is 840. The standard InChI is InChI=1S/C27H38O9/c1-3-5-12-28-21-19-17(14-30-25(35-19)16-10-8-7-9-11-16)33-27(23(21)29-13-6-4-2)36-20-18-15-31-26(32-18)24-22(20)34-24/h7-11,17-27H,3-6,12-15H2,1-2H3/t17?,18-,19-,20?,21?,22?,23?,24-,25?,26?,27+/m1/s1. The van der Waals surface area contributed by atoms with Gasteiger partial charge in [0.25, 0.3) is 0 Å². The first kappa shape index (κ1) is 25.2. The molecule has 0 radical (unpaired) electrons. The molecule has 1 aromatic rings. The summed E-state index contributed by atoms with van der Waals surface area (Å²) in [5.74, 6) is 0. The van der Waals surface area contributed by atoms with Crippen LogP contribution in [0.1, 0.15) is 51.4 Å². The molecule has 6 rings (SSSR count). The molecule has 5 aliphatic rings. The fourth-order valence-corrected chi connectivity index (χ4v) is 5.47. The van der Waals surface area contributed by atoms with E-state index in [0.717, 1.165) is 31.2 Å². The molecule has 2 bridgehead atoms. The van der Waals surface area contributed by atoms with E-state index in [1.54, 1.807) is 0 Å². The van der Waals surface area contributed by atoms with Gasteiger partial charge in [-0.2, -0.15) is 0 Å². The van der Waals surface area contributed by atoms with Gasteiger partial charge in [-0.05, 0) is 12.8 Å². The Hall–Kier alpha value is -1.14. The predicted molar refractivity (Wildman–Crippen MR) is 126 cm³/mol. The van der Waals surface area contributed by atoms with E-state index in [1.807, 2.05) is 30.3 Å². The van der Waals surface area contributed by atoms with Gasteiger partial charge in [0, 0.05) is 18.8 Å². The van der Waals surface area contributed by atoms with Gasteiger partial charge in [0.1, 0.15) is 48.8 Å². The lowest BCUT2D eigenvalue weighted by Crippen LogP contribution is -2.64. The van der Waals surface area contributed by atoms with Crippen LogP contribution in [0.3, 0.4) is 0 Å². The number of fused-ring (bicyclic) bond motifs is 5. The van der Waals surface area contributed by atoms with E-state index in [0.29, 0.717) is 26.4 Å². The molecule has 5 heterocycles. The molecule has 0 N–H and O–H groups in total. The largest absolute Gasteiger partial charge is 0.372 e. The summed E-state index contributed by atoms with van der Waals surface area (Å²) in [6.45, 7) is 6.37. The van der Waals surface area contributed by atoms with Crippen molar-refractivity contribution in [1.29, 1.82) is 0 Å². The highest BCUT2D eigenvalue weighted by molar-refractivity contribution is 5.17. The van der Waals surface area contributed by atoms with E-state index >= 15 is 0 Å². The molecular weight excluding hydrogens is 468 g/mol. The van der Waals surface area contributed by atoms with E-state index in [-0.39, 0.29) is 49.0 Å². The fourth-order valence-electron chi connectivity index (χ4n) is 5.47. The molecule has 0 amide bonds. The maximum atomic E-state index is 6.59. The predicted octanol–water partition coefficient (Wildman–Crippen LogP) is 3.10. The van der Waals surface area contributed by atoms with Crippen molar-refractivity contribution in [2.24, 2.45) is 0 Å². The summed E-state index contributed by atoms with van der Waals surface area (Å²) in [6, 6.07) is 9.97. The van der Waals surface area contributed by atoms with Crippen LogP contribution in [0, 0.1) is 0 Å². The molecule has 5 fully saturated rings. The Morgan fingerprint density at radius 3 is 2.25 bits per heavy atom. The molecule has 0 aromatic heterocycles. The highest BCUT2D eigenvalue weighted by atomic mass is 16.8. The second kappa shape index (κ2) is 11.3. The van der Waals surface area contributed by atoms with Gasteiger partial charge in [0.15, 0.2) is 18.9 Å². The normalized spacial score (nSPS) is 43.1. The first-order valence-corrected chi connectivity index (χ1v) is 13.6. The lowest BCUT2D eigenvalue weighted by atomic mass is 9.96. The zero-order chi connectivity index (χ0) is 24.5. The van der Waals surface area contributed by atoms with Gasteiger partial charge >= 0.3 is 0 Å². The van der Waals surface area contributed by atoms with Crippen molar-refractivity contribution in [1.82, 2.24) is 0 Å². The Morgan fingerprint density at radius 1 is 0.722 bits per heavy atom. The topological polar surface area (TPSA) is 86.4 Å². The molecule has 0 spiro atoms. The first-order valence-electron chi connectivity index (χ1n) is 13.6. The van der Waals surface area contributed by atoms with E-state index < -0.39 is 18.7 Å². The highest BCUT2D eigenvalue weighted by Crippen LogP contribution is 2.45. The van der Waals surface area contributed by atoms with E-state index in [9.17, 15) is 0 Å². The molecule has 36 heavy (non-hydrogen) atoms. The van der Waals surface area contributed by atoms with Gasteiger partial charge in [-0.25, -0.2) is 0 Å². The van der Waals surface area contributed by atoms with Crippen LogP contribution in [0.5, 0.6) is 0 Å². The van der Waals surface area contributed by atoms with Gasteiger partial charge in [0.05, 0.1) is 13.2 Å². The van der Waals surface area contributed by atoms with Gasteiger partial charge in [-0.3, -0.25) is 0 Å². The van der Waals surface area contributed by atoms with Crippen LogP contribution in [0.2, 0.25) is 0 Å². The number of epoxide rings is 1. The summed E-state index contributed by atoms with van der Waals surface area (Å²) >= 11 is 0. The molecule has 9 heteroatoms. The Kier molecular flexibility index (Phi) is 7.90. The second-order valence-corrected chi connectivity index (χ2v) is 10.1. The van der Waals surface area contributed by atoms with Crippen molar-refractivity contribution >= 4 is 0 Å². The van der Waals surface area contributed by atoms with Crippen molar-refractivity contribution in [3.63, 3.8) is 0 Å². The van der Waals surface area contributed by atoms with Crippen LogP contribution in [0.25, 0.3) is 0 Å². The lowest BCUT2D eigenvalue weighted by molar-refractivity contribution is -0.378. The van der Waals surface area contributed by atoms with E-state index in [1.165, 1.54) is 0 Å². The van der Waals surface area contributed by atoms with Crippen LogP contribution >= 0.6 is 0 Å². The van der Waals surface area contributed by atoms with Crippen molar-refractivity contribution in [2.45, 2.75) is 107 Å². The minimum absolute atomic E-state index is 0.0466. The Labute approximate surface area is 212 Å². The van der Waals surface area contributed by atoms with Crippen molar-refractivity contribution in [3.8, 4) is 0 Å². The molecule has 7 unspecified atom stereocenters. The maximum absolute atomic E-state index is 6.59. The molecular formula is C27H38O9. The third-order valence-electron chi connectivity index (χ3n) is 7.52. The van der Waals surface area contributed by atoms with Gasteiger partial charge in [-0.15, -0.1) is 0 Å². The van der Waals surface area contributed by atoms with Crippen LogP contribution < -0.4 is 0 Å². The van der Waals surface area contributed by atoms with Crippen LogP contribution in [-0.2, 0) is 42.6 Å². The summed E-state index contributed by atoms with van der Waals surface area (Å²) in [4.78, 5) is 0. The van der Waals surface area contributed by atoms with Gasteiger partial charge < -0.3 is 42.6 Å². The zero-order valence-corrected chi connectivity index (χ0v) is 21.1. The maximum Gasteiger partial charge on any atom is 0.187 e. The number of rotatable bonds is 11. The monoisotopic (exact) mass is 506 g/mol. The van der Waals surface area contributed by atoms with Crippen LogP contribution in [-0.4, -0.2) is 87.8 Å². The third-order valence-corrected chi connectivity index (χ3v) is 7.52. The minimum atomic E-state index is -0.661. The van der Waals surface area contributed by atoms with Gasteiger partial charge in [-0.1, -0.05) is 57.0 Å². The molecule has 5 saturated heterocycles. The van der Waals surface area contributed by atoms with Crippen LogP contribution in [0.4, 0.5) is 0 Å². The van der Waals surface area contributed by atoms with Crippen molar-refractivity contribution < 1.29 is 42.6 Å². The summed E-state index contributed by atoms with van der Waals surface area (Å²) in [5.41, 5.74) is 0.970. The summed E-state index contributed by atoms with van der Waals surface area (Å²) < 4.78 is 56.1. The van der Waals surface area contributed by atoms with E-state index in [4.69, 9.17) is 42.6 Å². The number of hydrogen-bond donors (Lipinski definition) is 0. The molecule has 5 aliphatic heterocycles. The molecule has 200 valence electrons. The zero-order valence-electron chi connectivity index (χ0n) is 21.1. The van der Waals surface area contributed by atoms with Crippen molar-refractivity contribution in [2.75, 3.05) is 26.4 Å². The minimum Gasteiger partial charge on any atom is -0.372 e. The molecule has 9 nitrogen and oxygen atoms in total. The highest BCUT2D eigenvalue weighted by Gasteiger charge is 2.63. The van der Waals surface area contributed by atoms with Crippen molar-refractivity contribution in [3.05, 3.63) is 35.9 Å². The summed E-state index contributed by atoms with van der Waals surface area (Å²) in [5, 5.41) is 0. The van der Waals surface area contributed by atoms with Crippen LogP contribution in [0.15, 0.2) is 30.3 Å². The number of hydrogen-bond acceptors (Lipinski definition) is 9. The Balaban J connectivity index is 1.23. The van der Waals surface area contributed by atoms with E-state index in [2.05, 4.69) is 13.8 Å². The molecule has 11 atom stereocenters. The fraction of sp³-hybridized carbons (Fsp3) is 0.778. The number of benzene rings is 1.